The van der Waals surface area contributed by atoms with E-state index in [0.29, 0.717) is 12.8 Å². The van der Waals surface area contributed by atoms with Crippen LogP contribution in [0.25, 0.3) is 0 Å². The van der Waals surface area contributed by atoms with Crippen molar-refractivity contribution in [3.63, 3.8) is 0 Å². The number of carbonyl (C=O) groups is 3. The van der Waals surface area contributed by atoms with Crippen molar-refractivity contribution in [2.45, 2.75) is 155 Å². The van der Waals surface area contributed by atoms with Crippen LogP contribution in [0.3, 0.4) is 0 Å². The van der Waals surface area contributed by atoms with Crippen molar-refractivity contribution in [1.82, 2.24) is 0 Å². The zero-order valence-corrected chi connectivity index (χ0v) is 32.3. The van der Waals surface area contributed by atoms with E-state index in [9.17, 15) is 14.4 Å². The summed E-state index contributed by atoms with van der Waals surface area (Å²) >= 11 is 0. The molecule has 0 spiro atoms. The lowest BCUT2D eigenvalue weighted by molar-refractivity contribution is -0.166. The molecule has 51 heavy (non-hydrogen) atoms. The molecule has 0 aliphatic heterocycles. The number of carbonyl (C=O) groups excluding carboxylic acids is 3. The van der Waals surface area contributed by atoms with Gasteiger partial charge < -0.3 is 14.2 Å². The third-order valence-corrected chi connectivity index (χ3v) is 7.60. The average molecular weight is 707 g/mol. The van der Waals surface area contributed by atoms with Crippen LogP contribution in [-0.4, -0.2) is 37.2 Å². The molecular formula is C45H70O6. The Bertz CT molecular complexity index is 1090. The van der Waals surface area contributed by atoms with Gasteiger partial charge in [-0.1, -0.05) is 150 Å². The summed E-state index contributed by atoms with van der Waals surface area (Å²) in [5.74, 6) is -1.22. The largest absolute Gasteiger partial charge is 0.462 e. The van der Waals surface area contributed by atoms with Gasteiger partial charge in [-0.25, -0.2) is 0 Å². The minimum absolute atomic E-state index is 0.113. The fraction of sp³-hybridized carbons (Fsp3) is 0.578. The van der Waals surface area contributed by atoms with Crippen molar-refractivity contribution < 1.29 is 28.6 Å². The zero-order valence-electron chi connectivity index (χ0n) is 32.3. The number of unbranched alkanes of at least 4 members (excludes halogenated alkanes) is 7. The van der Waals surface area contributed by atoms with Crippen molar-refractivity contribution in [3.8, 4) is 0 Å². The van der Waals surface area contributed by atoms with Gasteiger partial charge in [0.05, 0.1) is 6.42 Å². The van der Waals surface area contributed by atoms with E-state index >= 15 is 0 Å². The van der Waals surface area contributed by atoms with Crippen LogP contribution in [0.2, 0.25) is 0 Å². The summed E-state index contributed by atoms with van der Waals surface area (Å²) in [6.07, 6.45) is 50.2. The maximum Gasteiger partial charge on any atom is 0.309 e. The number of allylic oxidation sites excluding steroid dienone is 15. The Balaban J connectivity index is 4.63. The number of ether oxygens (including phenoxy) is 3. The SMILES string of the molecule is CC/C=C\C/C=C\C/C=C\CCCC(=O)OC(COC(=O)C/C=C\C/C=C\C/C=C\CC)COC(=O)CC/C=C\C/C=C\CCCCCCCC. The van der Waals surface area contributed by atoms with Crippen LogP contribution in [0.1, 0.15) is 149 Å². The molecule has 0 fully saturated rings. The monoisotopic (exact) mass is 707 g/mol. The molecule has 0 aromatic carbocycles. The molecule has 0 saturated carbocycles. The molecule has 0 aliphatic carbocycles. The van der Waals surface area contributed by atoms with Gasteiger partial charge in [-0.05, 0) is 77.0 Å². The van der Waals surface area contributed by atoms with Gasteiger partial charge in [0.2, 0.25) is 0 Å². The molecule has 0 N–H and O–H groups in total. The molecule has 1 atom stereocenters. The topological polar surface area (TPSA) is 78.9 Å². The number of rotatable bonds is 33. The molecular weight excluding hydrogens is 636 g/mol. The van der Waals surface area contributed by atoms with E-state index in [1.807, 2.05) is 12.2 Å². The summed E-state index contributed by atoms with van der Waals surface area (Å²) in [5.41, 5.74) is 0. The Morgan fingerprint density at radius 1 is 0.431 bits per heavy atom. The number of hydrogen-bond donors (Lipinski definition) is 0. The molecule has 0 heterocycles. The molecule has 0 rings (SSSR count). The minimum atomic E-state index is -0.858. The summed E-state index contributed by atoms with van der Waals surface area (Å²) in [7, 11) is 0. The minimum Gasteiger partial charge on any atom is -0.462 e. The van der Waals surface area contributed by atoms with Crippen LogP contribution in [0.5, 0.6) is 0 Å². The Hall–Kier alpha value is -3.67. The van der Waals surface area contributed by atoms with E-state index in [1.54, 1.807) is 6.08 Å². The standard InChI is InChI=1S/C45H70O6/c1-4-7-10-13-16-19-21-22-24-26-29-32-35-38-44(47)50-41-42(40-49-43(46)37-34-31-28-25-18-15-12-9-6-3)51-45(48)39-36-33-30-27-23-20-17-14-11-8-5-2/h8-9,11-12,17-18,20,22,24-25,27,29-32,34,42H,4-7,10,13-16,19,21,23,26,28,33,35-41H2,1-3H3/b11-8-,12-9-,20-17-,24-22-,25-18-,30-27-,32-29-,34-31-. The van der Waals surface area contributed by atoms with Crippen LogP contribution in [0, 0.1) is 0 Å². The predicted octanol–water partition coefficient (Wildman–Crippen LogP) is 12.3. The summed E-state index contributed by atoms with van der Waals surface area (Å²) in [6, 6.07) is 0. The second kappa shape index (κ2) is 39.1. The first-order valence-corrected chi connectivity index (χ1v) is 19.7. The molecule has 0 aliphatic rings. The van der Waals surface area contributed by atoms with Crippen LogP contribution >= 0.6 is 0 Å². The molecule has 0 bridgehead atoms. The second-order valence-corrected chi connectivity index (χ2v) is 12.4. The molecule has 0 aromatic rings. The van der Waals surface area contributed by atoms with Gasteiger partial charge >= 0.3 is 17.9 Å². The highest BCUT2D eigenvalue weighted by atomic mass is 16.6. The molecule has 6 heteroatoms. The van der Waals surface area contributed by atoms with Gasteiger partial charge in [0.1, 0.15) is 13.2 Å². The third kappa shape index (κ3) is 37.4. The fourth-order valence-electron chi connectivity index (χ4n) is 4.69. The van der Waals surface area contributed by atoms with Crippen LogP contribution in [0.15, 0.2) is 97.2 Å². The van der Waals surface area contributed by atoms with Crippen molar-refractivity contribution in [2.24, 2.45) is 0 Å². The van der Waals surface area contributed by atoms with Crippen molar-refractivity contribution in [2.75, 3.05) is 13.2 Å². The van der Waals surface area contributed by atoms with Gasteiger partial charge in [0, 0.05) is 12.8 Å². The molecule has 6 nitrogen and oxygen atoms in total. The highest BCUT2D eigenvalue weighted by molar-refractivity contribution is 5.72. The summed E-state index contributed by atoms with van der Waals surface area (Å²) in [5, 5.41) is 0. The normalized spacial score (nSPS) is 13.1. The van der Waals surface area contributed by atoms with E-state index in [1.165, 1.54) is 38.5 Å². The maximum absolute atomic E-state index is 12.6. The number of esters is 3. The van der Waals surface area contributed by atoms with Crippen LogP contribution in [0.4, 0.5) is 0 Å². The Kier molecular flexibility index (Phi) is 36.3. The van der Waals surface area contributed by atoms with Gasteiger partial charge in [-0.2, -0.15) is 0 Å². The van der Waals surface area contributed by atoms with Gasteiger partial charge in [0.15, 0.2) is 6.10 Å². The van der Waals surface area contributed by atoms with Crippen molar-refractivity contribution in [3.05, 3.63) is 97.2 Å². The van der Waals surface area contributed by atoms with E-state index in [4.69, 9.17) is 14.2 Å². The Morgan fingerprint density at radius 2 is 0.882 bits per heavy atom. The average Bonchev–Trinajstić information content (AvgIpc) is 3.12. The molecule has 0 amide bonds. The first-order valence-electron chi connectivity index (χ1n) is 19.7. The van der Waals surface area contributed by atoms with Gasteiger partial charge in [0.25, 0.3) is 0 Å². The quantitative estimate of drug-likeness (QED) is 0.0292. The second-order valence-electron chi connectivity index (χ2n) is 12.4. The Morgan fingerprint density at radius 3 is 1.45 bits per heavy atom. The number of hydrogen-bond acceptors (Lipinski definition) is 6. The first-order chi connectivity index (χ1) is 25.0. The first kappa shape index (κ1) is 47.3. The molecule has 0 aromatic heterocycles. The van der Waals surface area contributed by atoms with Crippen molar-refractivity contribution in [1.29, 1.82) is 0 Å². The van der Waals surface area contributed by atoms with E-state index < -0.39 is 18.0 Å². The van der Waals surface area contributed by atoms with E-state index in [-0.39, 0.29) is 38.4 Å². The van der Waals surface area contributed by atoms with Crippen molar-refractivity contribution >= 4 is 17.9 Å². The summed E-state index contributed by atoms with van der Waals surface area (Å²) < 4.78 is 16.4. The zero-order chi connectivity index (χ0) is 37.3. The predicted molar refractivity (Wildman–Crippen MR) is 214 cm³/mol. The molecule has 286 valence electrons. The highest BCUT2D eigenvalue weighted by Gasteiger charge is 2.19. The van der Waals surface area contributed by atoms with Gasteiger partial charge in [-0.15, -0.1) is 0 Å². The van der Waals surface area contributed by atoms with E-state index in [0.717, 1.165) is 57.8 Å². The third-order valence-electron chi connectivity index (χ3n) is 7.60. The molecule has 0 saturated heterocycles. The summed E-state index contributed by atoms with van der Waals surface area (Å²) in [6.45, 7) is 6.14. The lowest BCUT2D eigenvalue weighted by atomic mass is 10.1. The van der Waals surface area contributed by atoms with E-state index in [2.05, 4.69) is 99.8 Å². The highest BCUT2D eigenvalue weighted by Crippen LogP contribution is 2.09. The maximum atomic E-state index is 12.6. The smallest absolute Gasteiger partial charge is 0.309 e. The van der Waals surface area contributed by atoms with Crippen LogP contribution < -0.4 is 0 Å². The lowest BCUT2D eigenvalue weighted by Crippen LogP contribution is -2.30. The molecule has 1 unspecified atom stereocenters. The fourth-order valence-corrected chi connectivity index (χ4v) is 4.69. The van der Waals surface area contributed by atoms with Crippen LogP contribution in [-0.2, 0) is 28.6 Å². The Labute approximate surface area is 311 Å². The lowest BCUT2D eigenvalue weighted by Gasteiger charge is -2.18. The molecule has 0 radical (unpaired) electrons. The summed E-state index contributed by atoms with van der Waals surface area (Å²) in [4.78, 5) is 37.3. The van der Waals surface area contributed by atoms with Gasteiger partial charge in [-0.3, -0.25) is 14.4 Å².